The fourth-order valence-electron chi connectivity index (χ4n) is 2.61. The van der Waals surface area contributed by atoms with E-state index in [0.717, 1.165) is 5.75 Å². The average molecular weight is 332 g/mol. The summed E-state index contributed by atoms with van der Waals surface area (Å²) in [5.74, 6) is -0.616. The number of ether oxygens (including phenoxy) is 1. The lowest BCUT2D eigenvalue weighted by atomic mass is 10.00. The molecule has 0 aliphatic carbocycles. The number of rotatable bonds is 6. The summed E-state index contributed by atoms with van der Waals surface area (Å²) in [5, 5.41) is 9.73. The first-order valence-corrected chi connectivity index (χ1v) is 7.98. The number of carboxylic acid groups (broad SMARTS) is 1. The van der Waals surface area contributed by atoms with Gasteiger partial charge in [-0.2, -0.15) is 0 Å². The molecule has 0 spiro atoms. The molecular formula is C16H16N2O4S. The first-order valence-electron chi connectivity index (χ1n) is 7.10. The zero-order chi connectivity index (χ0) is 16.6. The van der Waals surface area contributed by atoms with Crippen LogP contribution in [0.1, 0.15) is 6.92 Å². The van der Waals surface area contributed by atoms with E-state index in [2.05, 4.69) is 11.6 Å². The molecule has 1 aromatic rings. The van der Waals surface area contributed by atoms with Gasteiger partial charge in [0.2, 0.25) is 0 Å². The molecule has 3 unspecified atom stereocenters. The van der Waals surface area contributed by atoms with Crippen LogP contribution in [0.25, 0.3) is 0 Å². The summed E-state index contributed by atoms with van der Waals surface area (Å²) in [6, 6.07) is 7.82. The van der Waals surface area contributed by atoms with E-state index in [1.54, 1.807) is 6.92 Å². The van der Waals surface area contributed by atoms with E-state index in [4.69, 9.17) is 4.74 Å². The largest absolute Gasteiger partial charge is 0.487 e. The lowest BCUT2D eigenvalue weighted by Crippen LogP contribution is -2.66. The topological polar surface area (TPSA) is 79.2 Å². The summed E-state index contributed by atoms with van der Waals surface area (Å²) >= 11 is 1.38. The van der Waals surface area contributed by atoms with Gasteiger partial charge in [-0.15, -0.1) is 0 Å². The first kappa shape index (κ1) is 15.6. The lowest BCUT2D eigenvalue weighted by molar-refractivity contribution is -0.157. The monoisotopic (exact) mass is 332 g/mol. The van der Waals surface area contributed by atoms with Gasteiger partial charge in [0.15, 0.2) is 12.1 Å². The molecule has 1 saturated heterocycles. The Bertz CT molecular complexity index is 675. The van der Waals surface area contributed by atoms with Gasteiger partial charge in [-0.3, -0.25) is 9.79 Å². The van der Waals surface area contributed by atoms with Crippen molar-refractivity contribution in [3.63, 3.8) is 0 Å². The minimum atomic E-state index is -1.07. The number of benzene rings is 1. The smallest absolute Gasteiger partial charge is 0.330 e. The second-order valence-electron chi connectivity index (χ2n) is 5.41. The molecule has 120 valence electrons. The number of hydrogen-bond donors (Lipinski definition) is 1. The molecule has 1 fully saturated rings. The van der Waals surface area contributed by atoms with E-state index < -0.39 is 18.1 Å². The third-order valence-corrected chi connectivity index (χ3v) is 4.90. The number of carbonyl (C=O) groups excluding carboxylic acids is 1. The molecule has 3 rings (SSSR count). The van der Waals surface area contributed by atoms with Crippen LogP contribution in [-0.4, -0.2) is 51.0 Å². The van der Waals surface area contributed by atoms with Gasteiger partial charge >= 0.3 is 5.97 Å². The number of hydrogen-bond acceptors (Lipinski definition) is 5. The van der Waals surface area contributed by atoms with Crippen molar-refractivity contribution in [1.29, 1.82) is 0 Å². The Morgan fingerprint density at radius 3 is 2.78 bits per heavy atom. The van der Waals surface area contributed by atoms with E-state index in [-0.39, 0.29) is 17.9 Å². The molecule has 1 amide bonds. The van der Waals surface area contributed by atoms with Crippen molar-refractivity contribution >= 4 is 28.7 Å². The lowest BCUT2D eigenvalue weighted by Gasteiger charge is -2.44. The molecule has 0 saturated carbocycles. The minimum Gasteiger partial charge on any atom is -0.487 e. The zero-order valence-corrected chi connectivity index (χ0v) is 13.3. The molecule has 3 atom stereocenters. The maximum atomic E-state index is 12.2. The van der Waals surface area contributed by atoms with Gasteiger partial charge < -0.3 is 14.7 Å². The normalized spacial score (nSPS) is 23.6. The second-order valence-corrected chi connectivity index (χ2v) is 6.60. The van der Waals surface area contributed by atoms with Gasteiger partial charge in [-0.25, -0.2) is 4.79 Å². The number of para-hydroxylation sites is 1. The molecule has 1 aromatic carbocycles. The van der Waals surface area contributed by atoms with E-state index in [9.17, 15) is 14.7 Å². The molecule has 23 heavy (non-hydrogen) atoms. The molecule has 0 aromatic heterocycles. The average Bonchev–Trinajstić information content (AvgIpc) is 2.90. The number of β-lactam (4-membered cyclic amide) rings is 1. The fraction of sp³-hybridized carbons (Fsp3) is 0.312. The minimum absolute atomic E-state index is 0.271. The second kappa shape index (κ2) is 6.08. The van der Waals surface area contributed by atoms with Crippen LogP contribution in [0.4, 0.5) is 0 Å². The van der Waals surface area contributed by atoms with Crippen LogP contribution in [0.3, 0.4) is 0 Å². The molecular weight excluding hydrogens is 316 g/mol. The molecule has 0 bridgehead atoms. The summed E-state index contributed by atoms with van der Waals surface area (Å²) < 4.78 is 5.62. The van der Waals surface area contributed by atoms with Crippen LogP contribution in [-0.2, 0) is 9.59 Å². The van der Waals surface area contributed by atoms with Gasteiger partial charge in [0.25, 0.3) is 5.91 Å². The number of aliphatic carboxylic acids is 1. The Morgan fingerprint density at radius 2 is 2.17 bits per heavy atom. The Balaban J connectivity index is 1.65. The SMILES string of the molecule is C=C(C)C(C(=O)O)N1C(=O)C2N=C(COc3ccccc3)SC21. The number of carbonyl (C=O) groups is 2. The molecule has 2 aliphatic heterocycles. The number of amides is 1. The summed E-state index contributed by atoms with van der Waals surface area (Å²) in [4.78, 5) is 29.2. The van der Waals surface area contributed by atoms with Gasteiger partial charge in [0, 0.05) is 0 Å². The summed E-state index contributed by atoms with van der Waals surface area (Å²) in [5.41, 5.74) is 0.430. The predicted molar refractivity (Wildman–Crippen MR) is 87.6 cm³/mol. The van der Waals surface area contributed by atoms with Crippen molar-refractivity contribution in [3.05, 3.63) is 42.5 Å². The maximum absolute atomic E-state index is 12.2. The zero-order valence-electron chi connectivity index (χ0n) is 12.5. The van der Waals surface area contributed by atoms with Gasteiger partial charge in [-0.1, -0.05) is 36.5 Å². The van der Waals surface area contributed by atoms with Gasteiger partial charge in [-0.05, 0) is 24.6 Å². The maximum Gasteiger partial charge on any atom is 0.330 e. The number of likely N-dealkylation sites (tertiary alicyclic amines) is 1. The Hall–Kier alpha value is -2.28. The summed E-state index contributed by atoms with van der Waals surface area (Å²) in [6.07, 6.45) is 0. The van der Waals surface area contributed by atoms with Crippen LogP contribution in [0.2, 0.25) is 0 Å². The number of aliphatic imine (C=N–C) groups is 1. The number of nitrogens with zero attached hydrogens (tertiary/aromatic N) is 2. The van der Waals surface area contributed by atoms with Crippen LogP contribution in [0.5, 0.6) is 5.75 Å². The third-order valence-electron chi connectivity index (χ3n) is 3.68. The number of fused-ring (bicyclic) bond motifs is 1. The van der Waals surface area contributed by atoms with Crippen molar-refractivity contribution in [2.24, 2.45) is 4.99 Å². The highest BCUT2D eigenvalue weighted by atomic mass is 32.2. The number of carboxylic acids is 1. The Kier molecular flexibility index (Phi) is 4.12. The summed E-state index contributed by atoms with van der Waals surface area (Å²) in [6.45, 7) is 5.56. The van der Waals surface area contributed by atoms with Crippen molar-refractivity contribution in [2.75, 3.05) is 6.61 Å². The molecule has 2 heterocycles. The quantitative estimate of drug-likeness (QED) is 0.634. The van der Waals surface area contributed by atoms with Crippen molar-refractivity contribution in [3.8, 4) is 5.75 Å². The standard InChI is InChI=1S/C16H16N2O4S/c1-9(2)13(16(20)21)18-14(19)12-15(18)23-11(17-12)8-22-10-6-4-3-5-7-10/h3-7,12-13,15H,1,8H2,2H3,(H,20,21). The predicted octanol–water partition coefficient (Wildman–Crippen LogP) is 1.78. The highest BCUT2D eigenvalue weighted by Gasteiger charge is 2.56. The highest BCUT2D eigenvalue weighted by Crippen LogP contribution is 2.41. The molecule has 2 aliphatic rings. The third kappa shape index (κ3) is 2.84. The molecule has 1 N–H and O–H groups in total. The molecule has 7 heteroatoms. The van der Waals surface area contributed by atoms with Crippen molar-refractivity contribution < 1.29 is 19.4 Å². The van der Waals surface area contributed by atoms with E-state index >= 15 is 0 Å². The van der Waals surface area contributed by atoms with Gasteiger partial charge in [0.05, 0.1) is 0 Å². The van der Waals surface area contributed by atoms with Crippen molar-refractivity contribution in [1.82, 2.24) is 4.90 Å². The number of thioether (sulfide) groups is 1. The van der Waals surface area contributed by atoms with E-state index in [1.807, 2.05) is 30.3 Å². The van der Waals surface area contributed by atoms with Crippen molar-refractivity contribution in [2.45, 2.75) is 24.4 Å². The van der Waals surface area contributed by atoms with Crippen LogP contribution >= 0.6 is 11.8 Å². The highest BCUT2D eigenvalue weighted by molar-refractivity contribution is 8.15. The Labute approximate surface area is 137 Å². The fourth-order valence-corrected chi connectivity index (χ4v) is 3.84. The van der Waals surface area contributed by atoms with Gasteiger partial charge in [0.1, 0.15) is 22.8 Å². The van der Waals surface area contributed by atoms with E-state index in [0.29, 0.717) is 10.6 Å². The first-order chi connectivity index (χ1) is 11.0. The van der Waals surface area contributed by atoms with Crippen LogP contribution in [0.15, 0.2) is 47.5 Å². The molecule has 6 nitrogen and oxygen atoms in total. The summed E-state index contributed by atoms with van der Waals surface area (Å²) in [7, 11) is 0. The Morgan fingerprint density at radius 1 is 1.48 bits per heavy atom. The van der Waals surface area contributed by atoms with Crippen LogP contribution < -0.4 is 4.74 Å². The van der Waals surface area contributed by atoms with Crippen LogP contribution in [0, 0.1) is 0 Å². The van der Waals surface area contributed by atoms with E-state index in [1.165, 1.54) is 16.7 Å². The molecule has 0 radical (unpaired) electrons.